The highest BCUT2D eigenvalue weighted by Gasteiger charge is 2.42. The number of alkyl halides is 3. The Morgan fingerprint density at radius 2 is 1.81 bits per heavy atom. The molecule has 0 aliphatic carbocycles. The molecule has 0 aliphatic heterocycles. The summed E-state index contributed by atoms with van der Waals surface area (Å²) in [4.78, 5) is 35.1. The molecule has 0 radical (unpaired) electrons. The number of hydrogen-bond donors (Lipinski definition) is 3. The molecule has 1 amide bonds. The second-order valence-electron chi connectivity index (χ2n) is 8.52. The fourth-order valence-corrected chi connectivity index (χ4v) is 8.26. The van der Waals surface area contributed by atoms with E-state index in [2.05, 4.69) is 10.1 Å². The van der Waals surface area contributed by atoms with E-state index in [4.69, 9.17) is 11.1 Å². The van der Waals surface area contributed by atoms with Crippen LogP contribution in [0.1, 0.15) is 16.9 Å². The average molecular weight is 660 g/mol. The number of nitrogens with one attached hydrogen (secondary N) is 2. The number of rotatable bonds is 11. The molecule has 224 valence electrons. The van der Waals surface area contributed by atoms with Crippen molar-refractivity contribution in [3.05, 3.63) is 59.0 Å². The Morgan fingerprint density at radius 3 is 2.45 bits per heavy atom. The van der Waals surface area contributed by atoms with Gasteiger partial charge in [0.1, 0.15) is 5.84 Å². The van der Waals surface area contributed by atoms with Gasteiger partial charge in [-0.2, -0.15) is 24.9 Å². The molecule has 0 fully saturated rings. The Hall–Kier alpha value is -3.34. The molecule has 16 heteroatoms. The van der Waals surface area contributed by atoms with Gasteiger partial charge in [0.05, 0.1) is 31.1 Å². The second kappa shape index (κ2) is 13.8. The van der Waals surface area contributed by atoms with Gasteiger partial charge in [-0.1, -0.05) is 24.3 Å². The maximum Gasteiger partial charge on any atom is 0.491 e. The molecule has 42 heavy (non-hydrogen) atoms. The molecule has 0 saturated heterocycles. The van der Waals surface area contributed by atoms with Crippen LogP contribution in [0.4, 0.5) is 18.9 Å². The normalized spacial score (nSPS) is 11.6. The van der Waals surface area contributed by atoms with Gasteiger partial charge in [0.15, 0.2) is 0 Å². The quantitative estimate of drug-likeness (QED) is 0.0624. The summed E-state index contributed by atoms with van der Waals surface area (Å²) < 4.78 is 67.9. The Morgan fingerprint density at radius 1 is 1.12 bits per heavy atom. The molecule has 0 saturated carbocycles. The number of halogens is 3. The van der Waals surface area contributed by atoms with E-state index in [1.54, 1.807) is 43.5 Å². The van der Waals surface area contributed by atoms with E-state index in [0.717, 1.165) is 28.7 Å². The Balaban J connectivity index is 1.76. The lowest BCUT2D eigenvalue weighted by Crippen LogP contribution is -2.28. The summed E-state index contributed by atoms with van der Waals surface area (Å²) in [7, 11) is -3.99. The van der Waals surface area contributed by atoms with E-state index in [1.807, 2.05) is 0 Å². The smallest absolute Gasteiger partial charge is 0.386 e. The van der Waals surface area contributed by atoms with Crippen molar-refractivity contribution >= 4 is 74.1 Å². The van der Waals surface area contributed by atoms with Gasteiger partial charge in [-0.15, -0.1) is 23.1 Å². The first-order valence-corrected chi connectivity index (χ1v) is 16.5. The molecule has 3 rings (SSSR count). The van der Waals surface area contributed by atoms with Gasteiger partial charge in [0.25, 0.3) is 0 Å². The highest BCUT2D eigenvalue weighted by Crippen LogP contribution is 2.39. The maximum absolute atomic E-state index is 13.6. The third-order valence-electron chi connectivity index (χ3n) is 5.51. The minimum Gasteiger partial charge on any atom is -0.386 e. The number of esters is 2. The van der Waals surface area contributed by atoms with E-state index in [1.165, 1.54) is 30.0 Å². The summed E-state index contributed by atoms with van der Waals surface area (Å²) in [6.07, 6.45) is -4.06. The lowest BCUT2D eigenvalue weighted by atomic mass is 9.98. The number of nitrogen functional groups attached to an aromatic ring is 1. The Kier molecular flexibility index (Phi) is 10.9. The number of hydrogen-bond acceptors (Lipinski definition) is 10. The number of carbonyl (C=O) groups excluding carboxylic acids is 3. The fraction of sp³-hybridized carbons (Fsp3) is 0.231. The first-order valence-electron chi connectivity index (χ1n) is 11.8. The van der Waals surface area contributed by atoms with Crippen molar-refractivity contribution in [1.82, 2.24) is 0 Å². The van der Waals surface area contributed by atoms with Crippen LogP contribution in [-0.2, 0) is 29.0 Å². The molecule has 0 unspecified atom stereocenters. The van der Waals surface area contributed by atoms with Crippen LogP contribution in [0.25, 0.3) is 11.1 Å². The molecule has 0 aliphatic rings. The van der Waals surface area contributed by atoms with Crippen molar-refractivity contribution in [2.45, 2.75) is 33.5 Å². The monoisotopic (exact) mass is 659 g/mol. The third-order valence-corrected chi connectivity index (χ3v) is 10.8. The summed E-state index contributed by atoms with van der Waals surface area (Å²) in [5.74, 6) is -4.89. The summed E-state index contributed by atoms with van der Waals surface area (Å²) in [5, 5.41) is 10.4. The predicted molar refractivity (Wildman–Crippen MR) is 157 cm³/mol. The SMILES string of the molecule is CSc1sc(C(=N)N)cc1S(=O)(=O)c1cccc(-c2c(C)cccc2NC(=O)CSCCC(=O)OC(=O)C(F)(F)F)c1. The van der Waals surface area contributed by atoms with Gasteiger partial charge < -0.3 is 15.8 Å². The molecular formula is C26H24F3N3O6S4. The summed E-state index contributed by atoms with van der Waals surface area (Å²) in [6.45, 7) is 1.79. The molecule has 0 spiro atoms. The lowest BCUT2D eigenvalue weighted by molar-refractivity contribution is -0.201. The molecule has 1 aromatic heterocycles. The molecule has 4 N–H and O–H groups in total. The second-order valence-corrected chi connectivity index (χ2v) is 13.7. The van der Waals surface area contributed by atoms with Crippen molar-refractivity contribution in [2.75, 3.05) is 23.1 Å². The third kappa shape index (κ3) is 8.14. The average Bonchev–Trinajstić information content (AvgIpc) is 3.37. The number of nitrogens with two attached hydrogens (primary N) is 1. The number of benzene rings is 2. The van der Waals surface area contributed by atoms with Crippen LogP contribution in [0, 0.1) is 12.3 Å². The van der Waals surface area contributed by atoms with Crippen LogP contribution in [-0.4, -0.2) is 56.0 Å². The van der Waals surface area contributed by atoms with Crippen molar-refractivity contribution in [2.24, 2.45) is 5.73 Å². The van der Waals surface area contributed by atoms with Crippen molar-refractivity contribution in [3.63, 3.8) is 0 Å². The highest BCUT2D eigenvalue weighted by atomic mass is 32.2. The van der Waals surface area contributed by atoms with E-state index < -0.39 is 40.3 Å². The van der Waals surface area contributed by atoms with Crippen molar-refractivity contribution in [1.29, 1.82) is 5.41 Å². The van der Waals surface area contributed by atoms with Crippen LogP contribution in [0.15, 0.2) is 62.5 Å². The predicted octanol–water partition coefficient (Wildman–Crippen LogP) is 5.26. The van der Waals surface area contributed by atoms with Gasteiger partial charge in [-0.05, 0) is 48.6 Å². The van der Waals surface area contributed by atoms with Gasteiger partial charge in [-0.3, -0.25) is 15.0 Å². The number of sulfone groups is 1. The number of amidine groups is 1. The van der Waals surface area contributed by atoms with Crippen molar-refractivity contribution < 1.29 is 40.7 Å². The number of thiophene rings is 1. The largest absolute Gasteiger partial charge is 0.491 e. The van der Waals surface area contributed by atoms with Gasteiger partial charge in [-0.25, -0.2) is 13.2 Å². The summed E-state index contributed by atoms with van der Waals surface area (Å²) in [5.41, 5.74) is 7.79. The number of carbonyl (C=O) groups is 3. The molecule has 9 nitrogen and oxygen atoms in total. The van der Waals surface area contributed by atoms with Gasteiger partial charge in [0.2, 0.25) is 15.7 Å². The number of ether oxygens (including phenoxy) is 1. The maximum atomic E-state index is 13.6. The Bertz CT molecular complexity index is 1640. The summed E-state index contributed by atoms with van der Waals surface area (Å²) in [6, 6.07) is 12.7. The van der Waals surface area contributed by atoms with E-state index in [0.29, 0.717) is 25.9 Å². The topological polar surface area (TPSA) is 156 Å². The molecule has 1 heterocycles. The van der Waals surface area contributed by atoms with E-state index in [9.17, 15) is 36.0 Å². The van der Waals surface area contributed by atoms with Crippen LogP contribution >= 0.6 is 34.9 Å². The first kappa shape index (κ1) is 33.2. The van der Waals surface area contributed by atoms with Crippen LogP contribution < -0.4 is 11.1 Å². The van der Waals surface area contributed by atoms with E-state index in [-0.39, 0.29) is 27.1 Å². The minimum absolute atomic E-state index is 0.00942. The standard InChI is InChI=1S/C26H24F3N3O6S4/c1-14-5-3-8-17(32-20(33)13-40-10-9-21(34)38-25(35)26(27,28)29)22(14)15-6-4-7-16(11-15)42(36,37)19-12-18(23(30)31)41-24(19)39-2/h3-8,11-12H,9-10,13H2,1-2H3,(H3,30,31)(H,32,33). The van der Waals surface area contributed by atoms with Gasteiger partial charge in [0, 0.05) is 17.0 Å². The van der Waals surface area contributed by atoms with Crippen LogP contribution in [0.5, 0.6) is 0 Å². The van der Waals surface area contributed by atoms with Crippen LogP contribution in [0.2, 0.25) is 0 Å². The molecule has 3 aromatic rings. The molecule has 0 bridgehead atoms. The summed E-state index contributed by atoms with van der Waals surface area (Å²) >= 11 is 3.30. The molecule has 0 atom stereocenters. The number of aryl methyl sites for hydroxylation is 1. The number of amides is 1. The molecule has 2 aromatic carbocycles. The first-order chi connectivity index (χ1) is 19.6. The highest BCUT2D eigenvalue weighted by molar-refractivity contribution is 8.01. The van der Waals surface area contributed by atoms with Crippen molar-refractivity contribution in [3.8, 4) is 11.1 Å². The zero-order valence-electron chi connectivity index (χ0n) is 22.0. The molecular weight excluding hydrogens is 636 g/mol. The Labute approximate surface area is 251 Å². The zero-order valence-corrected chi connectivity index (χ0v) is 25.3. The fourth-order valence-electron chi connectivity index (χ4n) is 3.64. The van der Waals surface area contributed by atoms with Gasteiger partial charge >= 0.3 is 18.1 Å². The zero-order chi connectivity index (χ0) is 31.2. The number of thioether (sulfide) groups is 2. The lowest BCUT2D eigenvalue weighted by Gasteiger charge is -2.15. The van der Waals surface area contributed by atoms with Crippen LogP contribution in [0.3, 0.4) is 0 Å². The number of anilines is 1. The minimum atomic E-state index is -5.28. The van der Waals surface area contributed by atoms with E-state index >= 15 is 0 Å².